The highest BCUT2D eigenvalue weighted by Gasteiger charge is 2.17. The second-order valence-corrected chi connectivity index (χ2v) is 8.37. The van der Waals surface area contributed by atoms with Crippen molar-refractivity contribution >= 4 is 34.1 Å². The largest absolute Gasteiger partial charge is 0.490 e. The fourth-order valence-corrected chi connectivity index (χ4v) is 3.02. The molecule has 1 amide bonds. The first-order chi connectivity index (χ1) is 13.7. The second kappa shape index (κ2) is 8.86. The van der Waals surface area contributed by atoms with Gasteiger partial charge in [0, 0.05) is 34.2 Å². The summed E-state index contributed by atoms with van der Waals surface area (Å²) in [6.45, 7) is 6.47. The van der Waals surface area contributed by atoms with Crippen LogP contribution in [0.1, 0.15) is 31.1 Å². The van der Waals surface area contributed by atoms with Gasteiger partial charge in [-0.05, 0) is 57.2 Å². The van der Waals surface area contributed by atoms with E-state index < -0.39 is 6.10 Å². The summed E-state index contributed by atoms with van der Waals surface area (Å²) in [7, 11) is 0. The topological polar surface area (TPSA) is 86.4 Å². The molecule has 0 aliphatic heterocycles. The summed E-state index contributed by atoms with van der Waals surface area (Å²) >= 11 is 6.09. The molecule has 3 aromatic rings. The molecule has 29 heavy (non-hydrogen) atoms. The average Bonchev–Trinajstić information content (AvgIpc) is 3.14. The van der Waals surface area contributed by atoms with Gasteiger partial charge in [0.15, 0.2) is 0 Å². The number of carbonyl (C=O) groups is 1. The zero-order chi connectivity index (χ0) is 21.0. The van der Waals surface area contributed by atoms with Gasteiger partial charge in [-0.3, -0.25) is 4.79 Å². The van der Waals surface area contributed by atoms with E-state index in [-0.39, 0.29) is 18.1 Å². The number of amides is 1. The van der Waals surface area contributed by atoms with Gasteiger partial charge in [-0.25, -0.2) is 0 Å². The predicted octanol–water partition coefficient (Wildman–Crippen LogP) is 4.20. The van der Waals surface area contributed by atoms with Crippen LogP contribution in [0.15, 0.2) is 48.7 Å². The number of nitrogens with one attached hydrogen (secondary N) is 3. The molecule has 1 heterocycles. The van der Waals surface area contributed by atoms with Gasteiger partial charge in [-0.2, -0.15) is 0 Å². The number of rotatable bonds is 7. The van der Waals surface area contributed by atoms with Crippen molar-refractivity contribution in [3.05, 3.63) is 59.2 Å². The third-order valence-corrected chi connectivity index (χ3v) is 4.57. The predicted molar refractivity (Wildman–Crippen MR) is 117 cm³/mol. The molecule has 2 aromatic carbocycles. The van der Waals surface area contributed by atoms with E-state index in [0.717, 1.165) is 10.9 Å². The normalized spacial score (nSPS) is 12.7. The Kier molecular flexibility index (Phi) is 6.47. The number of H-pyrrole nitrogens is 1. The highest BCUT2D eigenvalue weighted by atomic mass is 35.5. The highest BCUT2D eigenvalue weighted by Crippen LogP contribution is 2.27. The molecule has 0 saturated heterocycles. The summed E-state index contributed by atoms with van der Waals surface area (Å²) < 4.78 is 5.73. The Morgan fingerprint density at radius 1 is 1.24 bits per heavy atom. The standard InChI is InChI=1S/C22H26ClN3O3/c1-22(2,3)25-12-15(27)13-29-20-11-14(23)7-8-17(20)21(28)26-19-6-4-5-18-16(19)9-10-24-18/h4-11,15,24-25,27H,12-13H2,1-3H3,(H,26,28). The number of aliphatic hydroxyl groups is 1. The lowest BCUT2D eigenvalue weighted by Gasteiger charge is -2.23. The molecule has 0 radical (unpaired) electrons. The van der Waals surface area contributed by atoms with Crippen LogP contribution in [0.5, 0.6) is 5.75 Å². The maximum absolute atomic E-state index is 12.9. The SMILES string of the molecule is CC(C)(C)NCC(O)COc1cc(Cl)ccc1C(=O)Nc1cccc2[nH]ccc12. The third-order valence-electron chi connectivity index (χ3n) is 4.33. The van der Waals surface area contributed by atoms with Crippen molar-refractivity contribution in [1.82, 2.24) is 10.3 Å². The number of aromatic amines is 1. The maximum atomic E-state index is 12.9. The zero-order valence-electron chi connectivity index (χ0n) is 16.8. The molecular formula is C22H26ClN3O3. The first-order valence-electron chi connectivity index (χ1n) is 9.46. The molecule has 4 N–H and O–H groups in total. The fourth-order valence-electron chi connectivity index (χ4n) is 2.86. The number of hydrogen-bond acceptors (Lipinski definition) is 4. The van der Waals surface area contributed by atoms with Crippen molar-refractivity contribution in [2.75, 3.05) is 18.5 Å². The molecule has 3 rings (SSSR count). The van der Waals surface area contributed by atoms with Gasteiger partial charge in [0.25, 0.3) is 5.91 Å². The Morgan fingerprint density at radius 2 is 2.03 bits per heavy atom. The molecule has 6 nitrogen and oxygen atoms in total. The van der Waals surface area contributed by atoms with E-state index in [4.69, 9.17) is 16.3 Å². The minimum atomic E-state index is -0.724. The number of carbonyl (C=O) groups excluding carboxylic acids is 1. The van der Waals surface area contributed by atoms with Crippen LogP contribution < -0.4 is 15.4 Å². The van der Waals surface area contributed by atoms with Crippen LogP contribution in [0.25, 0.3) is 10.9 Å². The number of aliphatic hydroxyl groups excluding tert-OH is 1. The van der Waals surface area contributed by atoms with Crippen molar-refractivity contribution in [3.8, 4) is 5.75 Å². The van der Waals surface area contributed by atoms with Crippen molar-refractivity contribution in [1.29, 1.82) is 0 Å². The van der Waals surface area contributed by atoms with Crippen LogP contribution >= 0.6 is 11.6 Å². The van der Waals surface area contributed by atoms with E-state index in [1.165, 1.54) is 0 Å². The summed E-state index contributed by atoms with van der Waals surface area (Å²) in [5.41, 5.74) is 1.87. The van der Waals surface area contributed by atoms with Crippen LogP contribution in [0.4, 0.5) is 5.69 Å². The van der Waals surface area contributed by atoms with Crippen molar-refractivity contribution in [2.24, 2.45) is 0 Å². The smallest absolute Gasteiger partial charge is 0.259 e. The molecule has 7 heteroatoms. The van der Waals surface area contributed by atoms with Gasteiger partial charge in [0.1, 0.15) is 18.5 Å². The Hall–Kier alpha value is -2.54. The molecule has 0 aliphatic rings. The van der Waals surface area contributed by atoms with E-state index in [2.05, 4.69) is 15.6 Å². The molecule has 154 valence electrons. The van der Waals surface area contributed by atoms with Gasteiger partial charge < -0.3 is 25.5 Å². The number of aromatic nitrogens is 1. The lowest BCUT2D eigenvalue weighted by atomic mass is 10.1. The highest BCUT2D eigenvalue weighted by molar-refractivity contribution is 6.31. The fraction of sp³-hybridized carbons (Fsp3) is 0.318. The third kappa shape index (κ3) is 5.73. The second-order valence-electron chi connectivity index (χ2n) is 7.93. The lowest BCUT2D eigenvalue weighted by Crippen LogP contribution is -2.42. The first kappa shape index (κ1) is 21.2. The lowest BCUT2D eigenvalue weighted by molar-refractivity contribution is 0.0954. The minimum absolute atomic E-state index is 0.0388. The Balaban J connectivity index is 1.72. The molecule has 0 bridgehead atoms. The molecule has 1 unspecified atom stereocenters. The van der Waals surface area contributed by atoms with Crippen LogP contribution in [-0.2, 0) is 0 Å². The van der Waals surface area contributed by atoms with Crippen molar-refractivity contribution in [3.63, 3.8) is 0 Å². The summed E-state index contributed by atoms with van der Waals surface area (Å²) in [4.78, 5) is 16.0. The molecular weight excluding hydrogens is 390 g/mol. The summed E-state index contributed by atoms with van der Waals surface area (Å²) in [6.07, 6.45) is 1.10. The molecule has 0 spiro atoms. The van der Waals surface area contributed by atoms with Gasteiger partial charge in [-0.1, -0.05) is 17.7 Å². The van der Waals surface area contributed by atoms with Gasteiger partial charge in [-0.15, -0.1) is 0 Å². The van der Waals surface area contributed by atoms with E-state index in [9.17, 15) is 9.90 Å². The summed E-state index contributed by atoms with van der Waals surface area (Å²) in [6, 6.07) is 12.4. The monoisotopic (exact) mass is 415 g/mol. The molecule has 1 aromatic heterocycles. The average molecular weight is 416 g/mol. The van der Waals surface area contributed by atoms with E-state index >= 15 is 0 Å². The summed E-state index contributed by atoms with van der Waals surface area (Å²) in [5, 5.41) is 17.7. The first-order valence-corrected chi connectivity index (χ1v) is 9.83. The Labute approximate surface area is 175 Å². The van der Waals surface area contributed by atoms with Crippen LogP contribution in [0.3, 0.4) is 0 Å². The number of fused-ring (bicyclic) bond motifs is 1. The van der Waals surface area contributed by atoms with E-state index in [1.54, 1.807) is 18.2 Å². The maximum Gasteiger partial charge on any atom is 0.259 e. The number of halogens is 1. The van der Waals surface area contributed by atoms with Crippen LogP contribution in [0, 0.1) is 0 Å². The van der Waals surface area contributed by atoms with Crippen molar-refractivity contribution < 1.29 is 14.6 Å². The Bertz CT molecular complexity index is 994. The number of ether oxygens (including phenoxy) is 1. The van der Waals surface area contributed by atoms with E-state index in [1.807, 2.05) is 51.2 Å². The number of anilines is 1. The molecule has 0 saturated carbocycles. The van der Waals surface area contributed by atoms with Gasteiger partial charge >= 0.3 is 0 Å². The van der Waals surface area contributed by atoms with Gasteiger partial charge in [0.2, 0.25) is 0 Å². The number of hydrogen-bond donors (Lipinski definition) is 4. The Morgan fingerprint density at radius 3 is 2.79 bits per heavy atom. The summed E-state index contributed by atoms with van der Waals surface area (Å²) in [5.74, 6) is 0.0127. The molecule has 0 fully saturated rings. The van der Waals surface area contributed by atoms with E-state index in [0.29, 0.717) is 28.6 Å². The minimum Gasteiger partial charge on any atom is -0.490 e. The van der Waals surface area contributed by atoms with Crippen LogP contribution in [0.2, 0.25) is 5.02 Å². The quantitative estimate of drug-likeness (QED) is 0.465. The van der Waals surface area contributed by atoms with Crippen LogP contribution in [-0.4, -0.2) is 40.8 Å². The molecule has 0 aliphatic carbocycles. The van der Waals surface area contributed by atoms with Crippen molar-refractivity contribution in [2.45, 2.75) is 32.4 Å². The zero-order valence-corrected chi connectivity index (χ0v) is 17.5. The molecule has 1 atom stereocenters. The number of benzene rings is 2. The van der Waals surface area contributed by atoms with Gasteiger partial charge in [0.05, 0.1) is 11.3 Å². The number of β-amino-alcohol motifs (C(OH)–C–C–N with tert-alkyl or cyclic N) is 1.